The van der Waals surface area contributed by atoms with Crippen LogP contribution in [-0.2, 0) is 9.53 Å². The van der Waals surface area contributed by atoms with Crippen LogP contribution in [0.4, 0.5) is 4.79 Å². The number of amides is 2. The largest absolute Gasteiger partial charge is 0.479 e. The molecule has 17 heavy (non-hydrogen) atoms. The minimum absolute atomic E-state index is 0.128. The lowest BCUT2D eigenvalue weighted by atomic mass is 10.1. The molecule has 1 unspecified atom stereocenters. The number of carbonyl (C=O) groups is 2. The van der Waals surface area contributed by atoms with E-state index in [2.05, 4.69) is 10.1 Å². The second kappa shape index (κ2) is 6.41. The van der Waals surface area contributed by atoms with Crippen molar-refractivity contribution in [3.05, 3.63) is 0 Å². The first-order valence-corrected chi connectivity index (χ1v) is 5.14. The molecule has 0 aliphatic carbocycles. The third-order valence-corrected chi connectivity index (χ3v) is 2.60. The van der Waals surface area contributed by atoms with Crippen LogP contribution in [-0.4, -0.2) is 66.1 Å². The number of carboxylic acid groups (broad SMARTS) is 1. The second-order valence-corrected chi connectivity index (χ2v) is 4.28. The van der Waals surface area contributed by atoms with Gasteiger partial charge in [0, 0.05) is 14.2 Å². The van der Waals surface area contributed by atoms with Crippen LogP contribution >= 0.6 is 0 Å². The standard InChI is InChI=1S/C10H20N2O5/c1-10(2,6-13)12(3)9(16)11-5-7(17-4)8(14)15/h7,13H,5-6H2,1-4H3,(H,11,16)(H,14,15). The SMILES string of the molecule is COC(CNC(=O)N(C)C(C)(C)CO)C(=O)O. The van der Waals surface area contributed by atoms with Crippen molar-refractivity contribution in [2.45, 2.75) is 25.5 Å². The van der Waals surface area contributed by atoms with Crippen molar-refractivity contribution in [3.63, 3.8) is 0 Å². The summed E-state index contributed by atoms with van der Waals surface area (Å²) >= 11 is 0. The number of likely N-dealkylation sites (N-methyl/N-ethyl adjacent to an activating group) is 1. The highest BCUT2D eigenvalue weighted by molar-refractivity contribution is 5.77. The molecule has 1 atom stereocenters. The number of nitrogens with zero attached hydrogens (tertiary/aromatic N) is 1. The molecule has 0 fully saturated rings. The van der Waals surface area contributed by atoms with Crippen molar-refractivity contribution < 1.29 is 24.5 Å². The Hall–Kier alpha value is -1.34. The lowest BCUT2D eigenvalue weighted by molar-refractivity contribution is -0.148. The van der Waals surface area contributed by atoms with E-state index < -0.39 is 23.6 Å². The fourth-order valence-electron chi connectivity index (χ4n) is 0.951. The van der Waals surface area contributed by atoms with Crippen LogP contribution in [0.1, 0.15) is 13.8 Å². The highest BCUT2D eigenvalue weighted by Crippen LogP contribution is 2.10. The van der Waals surface area contributed by atoms with Gasteiger partial charge in [-0.15, -0.1) is 0 Å². The van der Waals surface area contributed by atoms with Crippen LogP contribution in [0.15, 0.2) is 0 Å². The Balaban J connectivity index is 4.32. The van der Waals surface area contributed by atoms with Crippen LogP contribution in [0.2, 0.25) is 0 Å². The number of urea groups is 1. The number of aliphatic carboxylic acids is 1. The predicted octanol–water partition coefficient (Wildman–Crippen LogP) is -0.502. The molecule has 0 saturated heterocycles. The average Bonchev–Trinajstić information content (AvgIpc) is 2.28. The molecule has 0 bridgehead atoms. The van der Waals surface area contributed by atoms with E-state index in [1.807, 2.05) is 0 Å². The number of carboxylic acids is 1. The third kappa shape index (κ3) is 4.58. The lowest BCUT2D eigenvalue weighted by Crippen LogP contribution is -2.53. The van der Waals surface area contributed by atoms with E-state index in [1.165, 1.54) is 19.1 Å². The van der Waals surface area contributed by atoms with E-state index in [1.54, 1.807) is 13.8 Å². The van der Waals surface area contributed by atoms with Gasteiger partial charge in [-0.3, -0.25) is 0 Å². The summed E-state index contributed by atoms with van der Waals surface area (Å²) in [5, 5.41) is 20.2. The van der Waals surface area contributed by atoms with Crippen molar-refractivity contribution in [1.29, 1.82) is 0 Å². The van der Waals surface area contributed by atoms with Gasteiger partial charge in [-0.25, -0.2) is 9.59 Å². The molecule has 7 nitrogen and oxygen atoms in total. The Bertz CT molecular complexity index is 280. The van der Waals surface area contributed by atoms with E-state index in [0.29, 0.717) is 0 Å². The first kappa shape index (κ1) is 15.7. The van der Waals surface area contributed by atoms with Crippen molar-refractivity contribution in [1.82, 2.24) is 10.2 Å². The number of aliphatic hydroxyl groups excluding tert-OH is 1. The molecule has 0 aliphatic rings. The molecule has 0 radical (unpaired) electrons. The number of nitrogens with one attached hydrogen (secondary N) is 1. The van der Waals surface area contributed by atoms with Crippen molar-refractivity contribution in [3.8, 4) is 0 Å². The van der Waals surface area contributed by atoms with Gasteiger partial charge in [0.15, 0.2) is 6.10 Å². The first-order valence-electron chi connectivity index (χ1n) is 5.14. The van der Waals surface area contributed by atoms with Crippen molar-refractivity contribution >= 4 is 12.0 Å². The molecular formula is C10H20N2O5. The number of carbonyl (C=O) groups excluding carboxylic acids is 1. The first-order chi connectivity index (χ1) is 7.76. The summed E-state index contributed by atoms with van der Waals surface area (Å²) in [6.45, 7) is 3.06. The van der Waals surface area contributed by atoms with Gasteiger partial charge in [-0.1, -0.05) is 0 Å². The molecule has 0 saturated carbocycles. The summed E-state index contributed by atoms with van der Waals surface area (Å²) in [4.78, 5) is 23.6. The fourth-order valence-corrected chi connectivity index (χ4v) is 0.951. The Morgan fingerprint density at radius 3 is 2.35 bits per heavy atom. The normalized spacial score (nSPS) is 13.0. The number of methoxy groups -OCH3 is 1. The maximum absolute atomic E-state index is 11.6. The van der Waals surface area contributed by atoms with E-state index in [9.17, 15) is 9.59 Å². The number of hydrogen-bond donors (Lipinski definition) is 3. The van der Waals surface area contributed by atoms with Gasteiger partial charge < -0.3 is 25.2 Å². The third-order valence-electron chi connectivity index (χ3n) is 2.60. The highest BCUT2D eigenvalue weighted by Gasteiger charge is 2.27. The number of hydrogen-bond acceptors (Lipinski definition) is 4. The summed E-state index contributed by atoms with van der Waals surface area (Å²) in [6.07, 6.45) is -1.08. The maximum Gasteiger partial charge on any atom is 0.334 e. The number of rotatable bonds is 6. The van der Waals surface area contributed by atoms with Crippen LogP contribution in [0.3, 0.4) is 0 Å². The molecule has 0 aliphatic heterocycles. The van der Waals surface area contributed by atoms with E-state index in [0.717, 1.165) is 0 Å². The summed E-state index contributed by atoms with van der Waals surface area (Å²) in [5.74, 6) is -1.14. The molecule has 0 aromatic carbocycles. The Labute approximate surface area is 100 Å². The maximum atomic E-state index is 11.6. The average molecular weight is 248 g/mol. The van der Waals surface area contributed by atoms with Gasteiger partial charge in [0.25, 0.3) is 0 Å². The Morgan fingerprint density at radius 1 is 1.47 bits per heavy atom. The van der Waals surface area contributed by atoms with E-state index >= 15 is 0 Å². The smallest absolute Gasteiger partial charge is 0.334 e. The predicted molar refractivity (Wildman–Crippen MR) is 60.8 cm³/mol. The quantitative estimate of drug-likeness (QED) is 0.588. The summed E-state index contributed by atoms with van der Waals surface area (Å²) in [6, 6.07) is -0.465. The van der Waals surface area contributed by atoms with Crippen LogP contribution < -0.4 is 5.32 Å². The monoisotopic (exact) mass is 248 g/mol. The minimum Gasteiger partial charge on any atom is -0.479 e. The second-order valence-electron chi connectivity index (χ2n) is 4.28. The molecule has 3 N–H and O–H groups in total. The Morgan fingerprint density at radius 2 is 2.00 bits per heavy atom. The molecule has 100 valence electrons. The minimum atomic E-state index is -1.14. The van der Waals surface area contributed by atoms with Crippen molar-refractivity contribution in [2.75, 3.05) is 27.3 Å². The summed E-state index contributed by atoms with van der Waals surface area (Å²) in [5.41, 5.74) is -0.712. The number of ether oxygens (including phenoxy) is 1. The van der Waals surface area contributed by atoms with Gasteiger partial charge >= 0.3 is 12.0 Å². The van der Waals surface area contributed by atoms with Crippen molar-refractivity contribution in [2.24, 2.45) is 0 Å². The lowest BCUT2D eigenvalue weighted by Gasteiger charge is -2.34. The molecular weight excluding hydrogens is 228 g/mol. The van der Waals surface area contributed by atoms with Gasteiger partial charge in [-0.2, -0.15) is 0 Å². The molecule has 7 heteroatoms. The van der Waals surface area contributed by atoms with Gasteiger partial charge in [-0.05, 0) is 13.8 Å². The highest BCUT2D eigenvalue weighted by atomic mass is 16.5. The topological polar surface area (TPSA) is 99.1 Å². The zero-order valence-electron chi connectivity index (χ0n) is 10.6. The molecule has 2 amide bonds. The van der Waals surface area contributed by atoms with Crippen LogP contribution in [0.5, 0.6) is 0 Å². The van der Waals surface area contributed by atoms with Crippen LogP contribution in [0, 0.1) is 0 Å². The zero-order valence-corrected chi connectivity index (χ0v) is 10.6. The van der Waals surface area contributed by atoms with Crippen LogP contribution in [0.25, 0.3) is 0 Å². The molecule has 0 heterocycles. The fraction of sp³-hybridized carbons (Fsp3) is 0.800. The van der Waals surface area contributed by atoms with E-state index in [4.69, 9.17) is 10.2 Å². The van der Waals surface area contributed by atoms with Gasteiger partial charge in [0.2, 0.25) is 0 Å². The number of aliphatic hydroxyl groups is 1. The molecule has 0 spiro atoms. The Kier molecular flexibility index (Phi) is 5.90. The molecule has 0 aromatic heterocycles. The van der Waals surface area contributed by atoms with E-state index in [-0.39, 0.29) is 13.2 Å². The summed E-state index contributed by atoms with van der Waals surface area (Å²) in [7, 11) is 2.78. The molecule has 0 rings (SSSR count). The molecule has 0 aromatic rings. The summed E-state index contributed by atoms with van der Waals surface area (Å²) < 4.78 is 4.67. The van der Waals surface area contributed by atoms with Gasteiger partial charge in [0.05, 0.1) is 18.7 Å². The van der Waals surface area contributed by atoms with Gasteiger partial charge in [0.1, 0.15) is 0 Å². The zero-order chi connectivity index (χ0) is 13.6.